The molecule has 1 aromatic carbocycles. The van der Waals surface area contributed by atoms with Gasteiger partial charge in [-0.3, -0.25) is 4.68 Å². The molecule has 1 aromatic heterocycles. The van der Waals surface area contributed by atoms with Crippen LogP contribution in [0, 0.1) is 18.6 Å². The van der Waals surface area contributed by atoms with E-state index in [1.165, 1.54) is 0 Å². The molecular weight excluding hydrogens is 312 g/mol. The molecular formula is C14H17F2N3O2S. The fourth-order valence-corrected chi connectivity index (χ4v) is 3.15. The summed E-state index contributed by atoms with van der Waals surface area (Å²) in [6, 6.07) is 4.61. The van der Waals surface area contributed by atoms with E-state index < -0.39 is 27.4 Å². The summed E-state index contributed by atoms with van der Waals surface area (Å²) in [6.07, 6.45) is 0.423. The maximum absolute atomic E-state index is 13.5. The molecule has 0 fully saturated rings. The van der Waals surface area contributed by atoms with Crippen molar-refractivity contribution in [3.63, 3.8) is 0 Å². The Labute approximate surface area is 128 Å². The van der Waals surface area contributed by atoms with Crippen LogP contribution in [0.2, 0.25) is 0 Å². The third-order valence-corrected chi connectivity index (χ3v) is 4.56. The van der Waals surface area contributed by atoms with Gasteiger partial charge in [-0.25, -0.2) is 21.9 Å². The van der Waals surface area contributed by atoms with Crippen LogP contribution in [0.5, 0.6) is 0 Å². The lowest BCUT2D eigenvalue weighted by molar-refractivity contribution is 0.569. The highest BCUT2D eigenvalue weighted by atomic mass is 32.2. The minimum absolute atomic E-state index is 0.149. The first-order chi connectivity index (χ1) is 10.3. The number of nitrogens with one attached hydrogen (secondary N) is 1. The first-order valence-electron chi connectivity index (χ1n) is 6.67. The Hall–Kier alpha value is -1.80. The molecule has 0 saturated heterocycles. The molecule has 2 rings (SSSR count). The van der Waals surface area contributed by atoms with E-state index in [0.717, 1.165) is 29.6 Å². The van der Waals surface area contributed by atoms with E-state index >= 15 is 0 Å². The molecule has 5 nitrogen and oxygen atoms in total. The van der Waals surface area contributed by atoms with Gasteiger partial charge in [-0.1, -0.05) is 0 Å². The molecule has 2 aromatic rings. The minimum atomic E-state index is -3.74. The van der Waals surface area contributed by atoms with Gasteiger partial charge in [0.25, 0.3) is 0 Å². The number of sulfonamides is 1. The first kappa shape index (κ1) is 16.6. The maximum atomic E-state index is 13.5. The summed E-state index contributed by atoms with van der Waals surface area (Å²) >= 11 is 0. The molecule has 1 N–H and O–H groups in total. The zero-order valence-corrected chi connectivity index (χ0v) is 13.1. The van der Waals surface area contributed by atoms with Crippen LogP contribution >= 0.6 is 0 Å². The number of nitrogens with zero attached hydrogens (tertiary/aromatic N) is 2. The highest BCUT2D eigenvalue weighted by molar-refractivity contribution is 7.88. The van der Waals surface area contributed by atoms with Crippen molar-refractivity contribution >= 4 is 10.0 Å². The molecule has 0 saturated carbocycles. The van der Waals surface area contributed by atoms with Crippen molar-refractivity contribution in [2.45, 2.75) is 19.1 Å². The molecule has 120 valence electrons. The van der Waals surface area contributed by atoms with Crippen molar-refractivity contribution < 1.29 is 17.2 Å². The van der Waals surface area contributed by atoms with E-state index in [1.54, 1.807) is 11.7 Å². The second-order valence-corrected chi connectivity index (χ2v) is 6.85. The largest absolute Gasteiger partial charge is 0.273 e. The number of hydrogen-bond acceptors (Lipinski definition) is 3. The van der Waals surface area contributed by atoms with Crippen molar-refractivity contribution in [3.8, 4) is 0 Å². The highest BCUT2D eigenvalue weighted by Crippen LogP contribution is 2.12. The predicted octanol–water partition coefficient (Wildman–Crippen LogP) is 1.67. The smallest absolute Gasteiger partial charge is 0.215 e. The number of aryl methyl sites for hydroxylation is 2. The Morgan fingerprint density at radius 1 is 1.27 bits per heavy atom. The number of halogens is 2. The van der Waals surface area contributed by atoms with Gasteiger partial charge in [0.15, 0.2) is 0 Å². The molecule has 0 aliphatic rings. The Bertz CT molecular complexity index is 753. The standard InChI is InChI=1S/C14H17F2N3O2S/c1-10-7-13(18-19(10)2)5-6-17-22(20,21)9-11-8-12(15)3-4-14(11)16/h3-4,7-8,17H,5-6,9H2,1-2H3. The van der Waals surface area contributed by atoms with Gasteiger partial charge in [-0.15, -0.1) is 0 Å². The summed E-state index contributed by atoms with van der Waals surface area (Å²) in [6.45, 7) is 2.04. The number of benzene rings is 1. The molecule has 0 amide bonds. The molecule has 0 aliphatic carbocycles. The lowest BCUT2D eigenvalue weighted by Gasteiger charge is -2.07. The van der Waals surface area contributed by atoms with Gasteiger partial charge in [0.1, 0.15) is 11.6 Å². The molecule has 0 spiro atoms. The summed E-state index contributed by atoms with van der Waals surface area (Å²) in [7, 11) is -1.94. The van der Waals surface area contributed by atoms with E-state index in [-0.39, 0.29) is 12.1 Å². The summed E-state index contributed by atoms with van der Waals surface area (Å²) in [5.41, 5.74) is 1.54. The zero-order chi connectivity index (χ0) is 16.3. The zero-order valence-electron chi connectivity index (χ0n) is 12.3. The van der Waals surface area contributed by atoms with Crippen molar-refractivity contribution in [1.82, 2.24) is 14.5 Å². The van der Waals surface area contributed by atoms with Crippen molar-refractivity contribution in [2.75, 3.05) is 6.54 Å². The van der Waals surface area contributed by atoms with Crippen molar-refractivity contribution in [2.24, 2.45) is 7.05 Å². The van der Waals surface area contributed by atoms with Crippen LogP contribution in [0.3, 0.4) is 0 Å². The minimum Gasteiger partial charge on any atom is -0.273 e. The number of aromatic nitrogens is 2. The van der Waals surface area contributed by atoms with Gasteiger partial charge in [-0.05, 0) is 31.2 Å². The van der Waals surface area contributed by atoms with Gasteiger partial charge in [0.05, 0.1) is 11.4 Å². The molecule has 1 heterocycles. The van der Waals surface area contributed by atoms with E-state index in [4.69, 9.17) is 0 Å². The topological polar surface area (TPSA) is 64.0 Å². The summed E-state index contributed by atoms with van der Waals surface area (Å²) < 4.78 is 54.4. The second kappa shape index (κ2) is 6.53. The van der Waals surface area contributed by atoms with Crippen LogP contribution in [0.1, 0.15) is 17.0 Å². The van der Waals surface area contributed by atoms with Crippen LogP contribution in [0.15, 0.2) is 24.3 Å². The molecule has 0 radical (unpaired) electrons. The summed E-state index contributed by atoms with van der Waals surface area (Å²) in [4.78, 5) is 0. The van der Waals surface area contributed by atoms with Gasteiger partial charge >= 0.3 is 0 Å². The lowest BCUT2D eigenvalue weighted by Crippen LogP contribution is -2.27. The van der Waals surface area contributed by atoms with Crippen LogP contribution in [0.25, 0.3) is 0 Å². The SMILES string of the molecule is Cc1cc(CCNS(=O)(=O)Cc2cc(F)ccc2F)nn1C. The van der Waals surface area contributed by atoms with Gasteiger partial charge in [0, 0.05) is 31.3 Å². The highest BCUT2D eigenvalue weighted by Gasteiger charge is 2.15. The van der Waals surface area contributed by atoms with Gasteiger partial charge in [0.2, 0.25) is 10.0 Å². The Morgan fingerprint density at radius 3 is 2.64 bits per heavy atom. The maximum Gasteiger partial charge on any atom is 0.215 e. The molecule has 0 unspecified atom stereocenters. The normalized spacial score (nSPS) is 11.8. The average molecular weight is 329 g/mol. The third-order valence-electron chi connectivity index (χ3n) is 3.22. The fourth-order valence-electron chi connectivity index (χ4n) is 2.00. The summed E-state index contributed by atoms with van der Waals surface area (Å²) in [5.74, 6) is -2.01. The molecule has 0 atom stereocenters. The lowest BCUT2D eigenvalue weighted by atomic mass is 10.2. The fraction of sp³-hybridized carbons (Fsp3) is 0.357. The van der Waals surface area contributed by atoms with Crippen molar-refractivity contribution in [3.05, 3.63) is 52.9 Å². The van der Waals surface area contributed by atoms with Gasteiger partial charge < -0.3 is 0 Å². The van der Waals surface area contributed by atoms with Crippen LogP contribution in [-0.4, -0.2) is 24.7 Å². The van der Waals surface area contributed by atoms with Crippen LogP contribution < -0.4 is 4.72 Å². The van der Waals surface area contributed by atoms with Crippen LogP contribution in [-0.2, 0) is 29.2 Å². The average Bonchev–Trinajstić information content (AvgIpc) is 2.72. The van der Waals surface area contributed by atoms with E-state index in [9.17, 15) is 17.2 Å². The van der Waals surface area contributed by atoms with E-state index in [1.807, 2.05) is 13.0 Å². The monoisotopic (exact) mass is 329 g/mol. The first-order valence-corrected chi connectivity index (χ1v) is 8.33. The Balaban J connectivity index is 1.95. The number of hydrogen-bond donors (Lipinski definition) is 1. The quantitative estimate of drug-likeness (QED) is 0.877. The predicted molar refractivity (Wildman–Crippen MR) is 78.6 cm³/mol. The van der Waals surface area contributed by atoms with E-state index in [0.29, 0.717) is 6.42 Å². The van der Waals surface area contributed by atoms with E-state index in [2.05, 4.69) is 9.82 Å². The molecule has 8 heteroatoms. The Kier molecular flexibility index (Phi) is 4.92. The third kappa shape index (κ3) is 4.35. The molecule has 22 heavy (non-hydrogen) atoms. The summed E-state index contributed by atoms with van der Waals surface area (Å²) in [5, 5.41) is 4.21. The molecule has 0 aliphatic heterocycles. The van der Waals surface area contributed by atoms with Crippen molar-refractivity contribution in [1.29, 1.82) is 0 Å². The second-order valence-electron chi connectivity index (χ2n) is 5.04. The van der Waals surface area contributed by atoms with Crippen LogP contribution in [0.4, 0.5) is 8.78 Å². The molecule has 0 bridgehead atoms. The Morgan fingerprint density at radius 2 is 2.00 bits per heavy atom. The number of rotatable bonds is 6. The van der Waals surface area contributed by atoms with Gasteiger partial charge in [-0.2, -0.15) is 5.10 Å².